The molecule has 0 bridgehead atoms. The maximum Gasteiger partial charge on any atom is 0.312 e. The highest BCUT2D eigenvalue weighted by Gasteiger charge is 2.43. The highest BCUT2D eigenvalue weighted by atomic mass is 16.3. The number of benzene rings is 4. The second kappa shape index (κ2) is 17.2. The van der Waals surface area contributed by atoms with Gasteiger partial charge in [0.25, 0.3) is 0 Å². The van der Waals surface area contributed by atoms with E-state index in [9.17, 15) is 29.4 Å². The Morgan fingerprint density at radius 1 is 0.636 bits per heavy atom. The third-order valence-corrected chi connectivity index (χ3v) is 11.4. The molecular weight excluding hydrogens is 695 g/mol. The number of piperazine rings is 2. The van der Waals surface area contributed by atoms with Crippen molar-refractivity contribution in [2.24, 2.45) is 0 Å². The van der Waals surface area contributed by atoms with Gasteiger partial charge < -0.3 is 30.2 Å². The molecular formula is C44H49N5O6. The molecule has 0 radical (unpaired) electrons. The molecule has 0 aromatic heterocycles. The topological polar surface area (TPSA) is 134 Å². The molecule has 55 heavy (non-hydrogen) atoms. The number of amides is 4. The molecule has 0 aliphatic carbocycles. The predicted molar refractivity (Wildman–Crippen MR) is 208 cm³/mol. The van der Waals surface area contributed by atoms with Crippen molar-refractivity contribution in [1.29, 1.82) is 0 Å². The number of phenols is 2. The molecule has 0 saturated carbocycles. The Hall–Kier alpha value is -5.68. The fourth-order valence-corrected chi connectivity index (χ4v) is 8.40. The van der Waals surface area contributed by atoms with Crippen molar-refractivity contribution in [1.82, 2.24) is 24.9 Å². The largest absolute Gasteiger partial charge is 0.508 e. The first-order valence-corrected chi connectivity index (χ1v) is 19.3. The van der Waals surface area contributed by atoms with E-state index in [1.165, 1.54) is 0 Å². The Bertz CT molecular complexity index is 1940. The highest BCUT2D eigenvalue weighted by molar-refractivity contribution is 6.36. The molecule has 4 aromatic rings. The van der Waals surface area contributed by atoms with Crippen molar-refractivity contribution in [3.63, 3.8) is 0 Å². The summed E-state index contributed by atoms with van der Waals surface area (Å²) < 4.78 is 0. The van der Waals surface area contributed by atoms with Crippen LogP contribution in [0.1, 0.15) is 35.1 Å². The second-order valence-corrected chi connectivity index (χ2v) is 15.0. The summed E-state index contributed by atoms with van der Waals surface area (Å²) >= 11 is 0. The van der Waals surface area contributed by atoms with Crippen LogP contribution >= 0.6 is 0 Å². The van der Waals surface area contributed by atoms with E-state index in [1.54, 1.807) is 39.0 Å². The first-order chi connectivity index (χ1) is 26.7. The van der Waals surface area contributed by atoms with Gasteiger partial charge in [-0.2, -0.15) is 0 Å². The Morgan fingerprint density at radius 3 is 1.87 bits per heavy atom. The summed E-state index contributed by atoms with van der Waals surface area (Å²) in [7, 11) is 0. The molecule has 0 spiro atoms. The minimum atomic E-state index is -0.609. The Labute approximate surface area is 322 Å². The third-order valence-electron chi connectivity index (χ3n) is 11.4. The number of nitrogens with zero attached hydrogens (tertiary/aromatic N) is 4. The number of likely N-dealkylation sites (tertiary alicyclic amines) is 1. The van der Waals surface area contributed by atoms with Crippen LogP contribution in [0.3, 0.4) is 0 Å². The van der Waals surface area contributed by atoms with Crippen LogP contribution in [0.2, 0.25) is 0 Å². The SMILES string of the molecule is O=C1NC[C@H](Cc2ccc(O)cc2)N(C[C@@H]2CCCN2C[C@H](Cc2ccccc2)N2C[C@H](Cc3ccc(O)cc3)N(CCc3ccccc3)C(=O)C2=O)C1=O. The number of hydrogen-bond donors (Lipinski definition) is 3. The maximum absolute atomic E-state index is 14.3. The minimum Gasteiger partial charge on any atom is -0.508 e. The van der Waals surface area contributed by atoms with E-state index in [1.807, 2.05) is 84.9 Å². The zero-order valence-electron chi connectivity index (χ0n) is 31.0. The molecule has 0 unspecified atom stereocenters. The average Bonchev–Trinajstić information content (AvgIpc) is 3.64. The lowest BCUT2D eigenvalue weighted by atomic mass is 9.97. The molecule has 4 aromatic carbocycles. The van der Waals surface area contributed by atoms with Gasteiger partial charge in [0.2, 0.25) is 0 Å². The number of nitrogens with one attached hydrogen (secondary N) is 1. The van der Waals surface area contributed by atoms with E-state index in [2.05, 4.69) is 10.2 Å². The molecule has 3 aliphatic rings. The second-order valence-electron chi connectivity index (χ2n) is 15.0. The third kappa shape index (κ3) is 9.17. The fourth-order valence-electron chi connectivity index (χ4n) is 8.40. The summed E-state index contributed by atoms with van der Waals surface area (Å²) in [5, 5.41) is 22.5. The van der Waals surface area contributed by atoms with Gasteiger partial charge in [0.15, 0.2) is 0 Å². The van der Waals surface area contributed by atoms with E-state index >= 15 is 0 Å². The lowest BCUT2D eigenvalue weighted by Gasteiger charge is -2.45. The molecule has 3 fully saturated rings. The van der Waals surface area contributed by atoms with Crippen molar-refractivity contribution in [2.75, 3.05) is 39.3 Å². The number of hydrogen-bond acceptors (Lipinski definition) is 7. The number of carbonyl (C=O) groups is 4. The molecule has 286 valence electrons. The van der Waals surface area contributed by atoms with Gasteiger partial charge >= 0.3 is 23.6 Å². The van der Waals surface area contributed by atoms with Gasteiger partial charge in [0.05, 0.1) is 12.1 Å². The molecule has 4 amide bonds. The fraction of sp³-hybridized carbons (Fsp3) is 0.364. The highest BCUT2D eigenvalue weighted by Crippen LogP contribution is 2.27. The minimum absolute atomic E-state index is 0.0406. The molecule has 7 rings (SSSR count). The lowest BCUT2D eigenvalue weighted by molar-refractivity contribution is -0.161. The van der Waals surface area contributed by atoms with Crippen LogP contribution in [0.15, 0.2) is 109 Å². The van der Waals surface area contributed by atoms with Crippen LogP contribution in [0, 0.1) is 0 Å². The lowest BCUT2D eigenvalue weighted by Crippen LogP contribution is -2.65. The molecule has 3 aliphatic heterocycles. The number of aromatic hydroxyl groups is 2. The molecule has 3 heterocycles. The Balaban J connectivity index is 1.13. The van der Waals surface area contributed by atoms with Gasteiger partial charge in [0.1, 0.15) is 11.5 Å². The molecule has 11 heteroatoms. The standard InChI is InChI=1S/C44H49N5O6/c50-39-17-13-33(14-18-39)24-36-27-45-41(52)42(53)48(36)29-35-12-7-22-46(35)28-37(25-32-10-5-2-6-11-32)49-30-38(26-34-15-19-40(51)20-16-34)47(43(54)44(49)55)23-21-31-8-3-1-4-9-31/h1-6,8-11,13-20,35-38,50-51H,7,12,21-30H2,(H,45,52)/t35-,36-,37-,38-/m0/s1. The summed E-state index contributed by atoms with van der Waals surface area (Å²) in [6.07, 6.45) is 3.96. The van der Waals surface area contributed by atoms with Crippen molar-refractivity contribution in [3.05, 3.63) is 131 Å². The zero-order valence-corrected chi connectivity index (χ0v) is 31.0. The van der Waals surface area contributed by atoms with Gasteiger partial charge in [-0.15, -0.1) is 0 Å². The van der Waals surface area contributed by atoms with Gasteiger partial charge in [-0.1, -0.05) is 84.9 Å². The summed E-state index contributed by atoms with van der Waals surface area (Å²) in [6, 6.07) is 33.0. The van der Waals surface area contributed by atoms with Crippen molar-refractivity contribution in [2.45, 2.75) is 62.7 Å². The van der Waals surface area contributed by atoms with Gasteiger partial charge in [-0.25, -0.2) is 0 Å². The molecule has 4 atom stereocenters. The Morgan fingerprint density at radius 2 is 1.24 bits per heavy atom. The summed E-state index contributed by atoms with van der Waals surface area (Å²) in [6.45, 7) is 2.74. The van der Waals surface area contributed by atoms with Crippen molar-refractivity contribution in [3.8, 4) is 11.5 Å². The van der Waals surface area contributed by atoms with Crippen molar-refractivity contribution >= 4 is 23.6 Å². The van der Waals surface area contributed by atoms with E-state index < -0.39 is 23.6 Å². The Kier molecular flexibility index (Phi) is 11.8. The van der Waals surface area contributed by atoms with E-state index in [-0.39, 0.29) is 35.7 Å². The van der Waals surface area contributed by atoms with Gasteiger partial charge in [-0.3, -0.25) is 24.1 Å². The van der Waals surface area contributed by atoms with Crippen LogP contribution in [-0.2, 0) is 44.9 Å². The van der Waals surface area contributed by atoms with Crippen LogP contribution in [0.25, 0.3) is 0 Å². The maximum atomic E-state index is 14.3. The molecule has 3 saturated heterocycles. The smallest absolute Gasteiger partial charge is 0.312 e. The number of phenolic OH excluding ortho intramolecular Hbond substituents is 2. The quantitative estimate of drug-likeness (QED) is 0.168. The monoisotopic (exact) mass is 743 g/mol. The van der Waals surface area contributed by atoms with E-state index in [4.69, 9.17) is 0 Å². The van der Waals surface area contributed by atoms with Crippen molar-refractivity contribution < 1.29 is 29.4 Å². The summed E-state index contributed by atoms with van der Waals surface area (Å²) in [5.74, 6) is -1.84. The summed E-state index contributed by atoms with van der Waals surface area (Å²) in [4.78, 5) is 62.1. The van der Waals surface area contributed by atoms with Gasteiger partial charge in [-0.05, 0) is 91.6 Å². The number of rotatable bonds is 14. The van der Waals surface area contributed by atoms with Crippen LogP contribution in [0.4, 0.5) is 0 Å². The van der Waals surface area contributed by atoms with E-state index in [0.29, 0.717) is 58.4 Å². The van der Waals surface area contributed by atoms with Crippen LogP contribution < -0.4 is 5.32 Å². The molecule has 11 nitrogen and oxygen atoms in total. The zero-order chi connectivity index (χ0) is 38.3. The van der Waals surface area contributed by atoms with E-state index in [0.717, 1.165) is 41.6 Å². The molecule has 3 N–H and O–H groups in total. The van der Waals surface area contributed by atoms with Gasteiger partial charge in [0, 0.05) is 44.8 Å². The average molecular weight is 744 g/mol. The normalized spacial score (nSPS) is 21.2. The number of carbonyl (C=O) groups excluding carboxylic acids is 4. The predicted octanol–water partition coefficient (Wildman–Crippen LogP) is 3.57. The van der Waals surface area contributed by atoms with Crippen LogP contribution in [-0.4, -0.2) is 117 Å². The summed E-state index contributed by atoms with van der Waals surface area (Å²) in [5.41, 5.74) is 4.06. The first kappa shape index (κ1) is 37.6. The first-order valence-electron chi connectivity index (χ1n) is 19.3. The van der Waals surface area contributed by atoms with Crippen LogP contribution in [0.5, 0.6) is 11.5 Å².